The summed E-state index contributed by atoms with van der Waals surface area (Å²) in [6, 6.07) is 3.85. The maximum Gasteiger partial charge on any atom is 0.338 e. The first kappa shape index (κ1) is 13.0. The minimum atomic E-state index is -0.670. The first-order valence-corrected chi connectivity index (χ1v) is 5.71. The fourth-order valence-electron chi connectivity index (χ4n) is 2.01. The standard InChI is InChI=1S/C12H12N2O5/c1-19-12(16)8-5-9(7-10(6-8)14(17)18)13-4-2-3-11(13)15/h5-7H,2-4H2,1H3. The van der Waals surface area contributed by atoms with Crippen molar-refractivity contribution < 1.29 is 19.2 Å². The van der Waals surface area contributed by atoms with Gasteiger partial charge in [0.05, 0.1) is 23.3 Å². The van der Waals surface area contributed by atoms with Crippen LogP contribution in [0.15, 0.2) is 18.2 Å². The summed E-state index contributed by atoms with van der Waals surface area (Å²) in [6.45, 7) is 0.501. The third kappa shape index (κ3) is 2.54. The second kappa shape index (κ2) is 5.05. The first-order chi connectivity index (χ1) is 9.02. The second-order valence-corrected chi connectivity index (χ2v) is 4.14. The minimum absolute atomic E-state index is 0.0615. The number of carbonyl (C=O) groups excluding carboxylic acids is 2. The lowest BCUT2D eigenvalue weighted by atomic mass is 10.1. The largest absolute Gasteiger partial charge is 0.465 e. The molecule has 1 aliphatic rings. The first-order valence-electron chi connectivity index (χ1n) is 5.71. The number of nitrogens with zero attached hydrogens (tertiary/aromatic N) is 2. The number of hydrogen-bond donors (Lipinski definition) is 0. The van der Waals surface area contributed by atoms with Crippen LogP contribution in [0.25, 0.3) is 0 Å². The molecule has 0 atom stereocenters. The van der Waals surface area contributed by atoms with E-state index in [1.54, 1.807) is 0 Å². The molecule has 7 nitrogen and oxygen atoms in total. The number of rotatable bonds is 3. The molecule has 1 amide bonds. The van der Waals surface area contributed by atoms with Gasteiger partial charge in [-0.3, -0.25) is 14.9 Å². The molecule has 0 radical (unpaired) electrons. The van der Waals surface area contributed by atoms with Crippen LogP contribution in [0.4, 0.5) is 11.4 Å². The molecule has 100 valence electrons. The fourth-order valence-corrected chi connectivity index (χ4v) is 2.01. The molecule has 1 aromatic rings. The Morgan fingerprint density at radius 3 is 2.68 bits per heavy atom. The highest BCUT2D eigenvalue weighted by molar-refractivity contribution is 5.98. The van der Waals surface area contributed by atoms with Crippen LogP contribution < -0.4 is 4.90 Å². The molecule has 0 aliphatic carbocycles. The van der Waals surface area contributed by atoms with Gasteiger partial charge >= 0.3 is 5.97 Å². The second-order valence-electron chi connectivity index (χ2n) is 4.14. The Morgan fingerprint density at radius 2 is 2.16 bits per heavy atom. The van der Waals surface area contributed by atoms with E-state index in [0.717, 1.165) is 6.07 Å². The van der Waals surface area contributed by atoms with Crippen LogP contribution in [0.2, 0.25) is 0 Å². The lowest BCUT2D eigenvalue weighted by Gasteiger charge is -2.16. The zero-order valence-electron chi connectivity index (χ0n) is 10.3. The van der Waals surface area contributed by atoms with Crippen molar-refractivity contribution in [3.63, 3.8) is 0 Å². The molecule has 0 unspecified atom stereocenters. The average molecular weight is 264 g/mol. The highest BCUT2D eigenvalue weighted by Crippen LogP contribution is 2.27. The van der Waals surface area contributed by atoms with E-state index in [2.05, 4.69) is 4.74 Å². The van der Waals surface area contributed by atoms with Gasteiger partial charge in [-0.25, -0.2) is 4.79 Å². The molecule has 1 heterocycles. The Morgan fingerprint density at radius 1 is 1.42 bits per heavy atom. The summed E-state index contributed by atoms with van der Waals surface area (Å²) in [5.41, 5.74) is 0.182. The van der Waals surface area contributed by atoms with E-state index < -0.39 is 10.9 Å². The number of anilines is 1. The summed E-state index contributed by atoms with van der Waals surface area (Å²) < 4.78 is 4.55. The van der Waals surface area contributed by atoms with Crippen LogP contribution in [-0.2, 0) is 9.53 Å². The number of carbonyl (C=O) groups is 2. The predicted molar refractivity (Wildman–Crippen MR) is 66.0 cm³/mol. The number of esters is 1. The maximum atomic E-state index is 11.6. The summed E-state index contributed by atoms with van der Waals surface area (Å²) in [5.74, 6) is -0.770. The predicted octanol–water partition coefficient (Wildman–Crippen LogP) is 1.51. The van der Waals surface area contributed by atoms with Gasteiger partial charge in [-0.1, -0.05) is 0 Å². The Kier molecular flexibility index (Phi) is 3.46. The van der Waals surface area contributed by atoms with Crippen LogP contribution in [-0.4, -0.2) is 30.5 Å². The topological polar surface area (TPSA) is 89.8 Å². The molecular formula is C12H12N2O5. The number of benzene rings is 1. The van der Waals surface area contributed by atoms with Crippen LogP contribution in [0.5, 0.6) is 0 Å². The number of nitro groups is 1. The van der Waals surface area contributed by atoms with E-state index in [1.807, 2.05) is 0 Å². The van der Waals surface area contributed by atoms with E-state index in [4.69, 9.17) is 0 Å². The third-order valence-electron chi connectivity index (χ3n) is 2.92. The van der Waals surface area contributed by atoms with Gasteiger partial charge in [0.2, 0.25) is 5.91 Å². The van der Waals surface area contributed by atoms with E-state index in [1.165, 1.54) is 24.1 Å². The molecule has 19 heavy (non-hydrogen) atoms. The Balaban J connectivity index is 2.48. The van der Waals surface area contributed by atoms with Gasteiger partial charge in [0.1, 0.15) is 0 Å². The SMILES string of the molecule is COC(=O)c1cc(N2CCCC2=O)cc([N+](=O)[O-])c1. The zero-order chi connectivity index (χ0) is 14.0. The zero-order valence-corrected chi connectivity index (χ0v) is 10.3. The van der Waals surface area contributed by atoms with Crippen LogP contribution in [0, 0.1) is 10.1 Å². The van der Waals surface area contributed by atoms with Crippen LogP contribution in [0.1, 0.15) is 23.2 Å². The summed E-state index contributed by atoms with van der Waals surface area (Å²) in [4.78, 5) is 34.8. The molecule has 0 saturated carbocycles. The normalized spacial score (nSPS) is 14.6. The van der Waals surface area contributed by atoms with Crippen molar-refractivity contribution in [2.75, 3.05) is 18.6 Å². The lowest BCUT2D eigenvalue weighted by molar-refractivity contribution is -0.384. The molecule has 0 bridgehead atoms. The van der Waals surface area contributed by atoms with Crippen molar-refractivity contribution in [1.82, 2.24) is 0 Å². The Bertz CT molecular complexity index is 555. The molecule has 1 aromatic carbocycles. The quantitative estimate of drug-likeness (QED) is 0.469. The molecule has 7 heteroatoms. The highest BCUT2D eigenvalue weighted by Gasteiger charge is 2.25. The average Bonchev–Trinajstić information content (AvgIpc) is 2.83. The molecule has 1 fully saturated rings. The van der Waals surface area contributed by atoms with Gasteiger partial charge in [-0.05, 0) is 12.5 Å². The molecule has 1 saturated heterocycles. The maximum absolute atomic E-state index is 11.6. The van der Waals surface area contributed by atoms with Gasteiger partial charge in [0, 0.05) is 25.1 Å². The molecule has 0 aromatic heterocycles. The number of amides is 1. The molecule has 0 spiro atoms. The van der Waals surface area contributed by atoms with Gasteiger partial charge in [-0.2, -0.15) is 0 Å². The van der Waals surface area contributed by atoms with E-state index >= 15 is 0 Å². The molecule has 0 N–H and O–H groups in total. The van der Waals surface area contributed by atoms with E-state index in [9.17, 15) is 19.7 Å². The van der Waals surface area contributed by atoms with Gasteiger partial charge < -0.3 is 9.64 Å². The summed E-state index contributed by atoms with van der Waals surface area (Å²) in [5, 5.41) is 10.9. The van der Waals surface area contributed by atoms with Gasteiger partial charge in [0.15, 0.2) is 0 Å². The van der Waals surface area contributed by atoms with Gasteiger partial charge in [0.25, 0.3) is 5.69 Å². The van der Waals surface area contributed by atoms with Crippen molar-refractivity contribution in [2.45, 2.75) is 12.8 Å². The van der Waals surface area contributed by atoms with Crippen LogP contribution >= 0.6 is 0 Å². The number of nitro benzene ring substituents is 1. The number of hydrogen-bond acceptors (Lipinski definition) is 5. The number of non-ortho nitro benzene ring substituents is 1. The summed E-state index contributed by atoms with van der Waals surface area (Å²) in [7, 11) is 1.20. The third-order valence-corrected chi connectivity index (χ3v) is 2.92. The summed E-state index contributed by atoms with van der Waals surface area (Å²) >= 11 is 0. The van der Waals surface area contributed by atoms with E-state index in [0.29, 0.717) is 25.1 Å². The molecular weight excluding hydrogens is 252 g/mol. The monoisotopic (exact) mass is 264 g/mol. The lowest BCUT2D eigenvalue weighted by Crippen LogP contribution is -2.24. The Hall–Kier alpha value is -2.44. The van der Waals surface area contributed by atoms with Crippen molar-refractivity contribution in [3.8, 4) is 0 Å². The Labute approximate surface area is 108 Å². The van der Waals surface area contributed by atoms with Crippen molar-refractivity contribution in [3.05, 3.63) is 33.9 Å². The molecule has 2 rings (SSSR count). The van der Waals surface area contributed by atoms with Crippen molar-refractivity contribution >= 4 is 23.3 Å². The van der Waals surface area contributed by atoms with E-state index in [-0.39, 0.29) is 17.2 Å². The van der Waals surface area contributed by atoms with Gasteiger partial charge in [-0.15, -0.1) is 0 Å². The molecule has 1 aliphatic heterocycles. The van der Waals surface area contributed by atoms with Crippen LogP contribution in [0.3, 0.4) is 0 Å². The number of ether oxygens (including phenoxy) is 1. The smallest absolute Gasteiger partial charge is 0.338 e. The number of methoxy groups -OCH3 is 1. The highest BCUT2D eigenvalue weighted by atomic mass is 16.6. The van der Waals surface area contributed by atoms with Crippen molar-refractivity contribution in [2.24, 2.45) is 0 Å². The van der Waals surface area contributed by atoms with Crippen molar-refractivity contribution in [1.29, 1.82) is 0 Å². The fraction of sp³-hybridized carbons (Fsp3) is 0.333. The minimum Gasteiger partial charge on any atom is -0.465 e. The summed E-state index contributed by atoms with van der Waals surface area (Å²) in [6.07, 6.45) is 1.12.